The first-order valence-corrected chi connectivity index (χ1v) is 5.00. The molecule has 2 aromatic rings. The average molecular weight is 215 g/mol. The number of aliphatic hydroxyl groups excluding tert-OH is 1. The molecule has 0 fully saturated rings. The fraction of sp³-hybridized carbons (Fsp3) is 0.167. The molecule has 0 amide bonds. The number of nitrogens with two attached hydrogens (primary N) is 1. The molecule has 0 aliphatic carbocycles. The first-order valence-electron chi connectivity index (χ1n) is 5.00. The van der Waals surface area contributed by atoms with Gasteiger partial charge in [0.15, 0.2) is 5.82 Å². The van der Waals surface area contributed by atoms with Crippen LogP contribution in [0, 0.1) is 6.92 Å². The molecule has 0 saturated carbocycles. The number of aryl methyl sites for hydroxylation is 1. The van der Waals surface area contributed by atoms with E-state index in [4.69, 9.17) is 10.8 Å². The highest BCUT2D eigenvalue weighted by Gasteiger charge is 2.07. The molecule has 82 valence electrons. The molecule has 0 spiro atoms. The lowest BCUT2D eigenvalue weighted by Gasteiger charge is -2.06. The Balaban J connectivity index is 2.50. The first kappa shape index (κ1) is 10.6. The zero-order chi connectivity index (χ0) is 11.5. The van der Waals surface area contributed by atoms with E-state index in [1.807, 2.05) is 31.2 Å². The molecule has 4 nitrogen and oxygen atoms in total. The molecular weight excluding hydrogens is 202 g/mol. The van der Waals surface area contributed by atoms with Crippen LogP contribution in [0.4, 0.5) is 5.82 Å². The molecule has 0 atom stereocenters. The Morgan fingerprint density at radius 2 is 2.06 bits per heavy atom. The van der Waals surface area contributed by atoms with Crippen molar-refractivity contribution in [2.45, 2.75) is 13.5 Å². The van der Waals surface area contributed by atoms with Gasteiger partial charge >= 0.3 is 0 Å². The van der Waals surface area contributed by atoms with Crippen molar-refractivity contribution in [3.63, 3.8) is 0 Å². The van der Waals surface area contributed by atoms with Crippen LogP contribution < -0.4 is 5.73 Å². The van der Waals surface area contributed by atoms with Crippen molar-refractivity contribution < 1.29 is 5.11 Å². The summed E-state index contributed by atoms with van der Waals surface area (Å²) >= 11 is 0. The number of hydrogen-bond donors (Lipinski definition) is 2. The maximum atomic E-state index is 8.97. The molecule has 0 aliphatic rings. The van der Waals surface area contributed by atoms with Gasteiger partial charge in [-0.2, -0.15) is 0 Å². The van der Waals surface area contributed by atoms with Crippen LogP contribution in [0.15, 0.2) is 30.5 Å². The van der Waals surface area contributed by atoms with Crippen LogP contribution in [0.2, 0.25) is 0 Å². The van der Waals surface area contributed by atoms with Crippen LogP contribution in [-0.4, -0.2) is 15.1 Å². The standard InChI is InChI=1S/C12H13N3O/c1-8-4-2-3-5-10(8)12-14-6-9(7-16)11(13)15-12/h2-6,16H,7H2,1H3,(H2,13,14,15). The molecule has 16 heavy (non-hydrogen) atoms. The lowest BCUT2D eigenvalue weighted by atomic mass is 10.1. The van der Waals surface area contributed by atoms with E-state index in [-0.39, 0.29) is 6.61 Å². The number of anilines is 1. The van der Waals surface area contributed by atoms with Crippen LogP contribution >= 0.6 is 0 Å². The summed E-state index contributed by atoms with van der Waals surface area (Å²) in [5.74, 6) is 0.920. The summed E-state index contributed by atoms with van der Waals surface area (Å²) < 4.78 is 0. The average Bonchev–Trinajstić information content (AvgIpc) is 2.29. The summed E-state index contributed by atoms with van der Waals surface area (Å²) in [7, 11) is 0. The van der Waals surface area contributed by atoms with E-state index in [2.05, 4.69) is 9.97 Å². The smallest absolute Gasteiger partial charge is 0.161 e. The normalized spacial score (nSPS) is 10.4. The molecule has 1 aromatic heterocycles. The molecule has 1 heterocycles. The van der Waals surface area contributed by atoms with Gasteiger partial charge in [0.2, 0.25) is 0 Å². The molecule has 0 saturated heterocycles. The van der Waals surface area contributed by atoms with E-state index in [0.717, 1.165) is 11.1 Å². The molecule has 0 aliphatic heterocycles. The zero-order valence-electron chi connectivity index (χ0n) is 9.01. The summed E-state index contributed by atoms with van der Waals surface area (Å²) in [6.45, 7) is 1.86. The van der Waals surface area contributed by atoms with Gasteiger partial charge in [0, 0.05) is 17.3 Å². The van der Waals surface area contributed by atoms with Gasteiger partial charge in [-0.1, -0.05) is 24.3 Å². The highest BCUT2D eigenvalue weighted by molar-refractivity contribution is 5.61. The van der Waals surface area contributed by atoms with Gasteiger partial charge in [-0.05, 0) is 12.5 Å². The minimum atomic E-state index is -0.139. The zero-order valence-corrected chi connectivity index (χ0v) is 9.01. The number of rotatable bonds is 2. The Hall–Kier alpha value is -1.94. The summed E-state index contributed by atoms with van der Waals surface area (Å²) in [5.41, 5.74) is 8.31. The minimum Gasteiger partial charge on any atom is -0.391 e. The molecule has 0 bridgehead atoms. The number of benzene rings is 1. The van der Waals surface area contributed by atoms with Gasteiger partial charge in [0.25, 0.3) is 0 Å². The van der Waals surface area contributed by atoms with Crippen molar-refractivity contribution in [3.8, 4) is 11.4 Å². The van der Waals surface area contributed by atoms with Crippen molar-refractivity contribution in [2.75, 3.05) is 5.73 Å². The largest absolute Gasteiger partial charge is 0.391 e. The SMILES string of the molecule is Cc1ccccc1-c1ncc(CO)c(N)n1. The third kappa shape index (κ3) is 1.87. The minimum absolute atomic E-state index is 0.139. The molecule has 0 radical (unpaired) electrons. The quantitative estimate of drug-likeness (QED) is 0.796. The van der Waals surface area contributed by atoms with Gasteiger partial charge in [0.1, 0.15) is 5.82 Å². The Morgan fingerprint density at radius 3 is 2.69 bits per heavy atom. The van der Waals surface area contributed by atoms with E-state index >= 15 is 0 Å². The highest BCUT2D eigenvalue weighted by atomic mass is 16.3. The lowest BCUT2D eigenvalue weighted by Crippen LogP contribution is -2.01. The number of hydrogen-bond acceptors (Lipinski definition) is 4. The van der Waals surface area contributed by atoms with E-state index in [9.17, 15) is 0 Å². The van der Waals surface area contributed by atoms with Crippen LogP contribution in [0.3, 0.4) is 0 Å². The lowest BCUT2D eigenvalue weighted by molar-refractivity contribution is 0.281. The third-order valence-electron chi connectivity index (χ3n) is 2.45. The second-order valence-corrected chi connectivity index (χ2v) is 3.58. The summed E-state index contributed by atoms with van der Waals surface area (Å²) in [4.78, 5) is 8.37. The molecule has 2 rings (SSSR count). The second-order valence-electron chi connectivity index (χ2n) is 3.58. The van der Waals surface area contributed by atoms with Crippen molar-refractivity contribution in [2.24, 2.45) is 0 Å². The van der Waals surface area contributed by atoms with Gasteiger partial charge < -0.3 is 10.8 Å². The maximum absolute atomic E-state index is 8.97. The van der Waals surface area contributed by atoms with E-state index in [0.29, 0.717) is 17.2 Å². The van der Waals surface area contributed by atoms with Gasteiger partial charge in [-0.25, -0.2) is 9.97 Å². The van der Waals surface area contributed by atoms with E-state index in [1.54, 1.807) is 6.20 Å². The third-order valence-corrected chi connectivity index (χ3v) is 2.45. The summed E-state index contributed by atoms with van der Waals surface area (Å²) in [6, 6.07) is 7.84. The fourth-order valence-corrected chi connectivity index (χ4v) is 1.50. The van der Waals surface area contributed by atoms with Gasteiger partial charge in [0.05, 0.1) is 6.61 Å². The van der Waals surface area contributed by atoms with Crippen molar-refractivity contribution in [3.05, 3.63) is 41.6 Å². The number of nitrogens with zero attached hydrogens (tertiary/aromatic N) is 2. The van der Waals surface area contributed by atoms with Crippen LogP contribution in [-0.2, 0) is 6.61 Å². The van der Waals surface area contributed by atoms with Gasteiger partial charge in [-0.15, -0.1) is 0 Å². The van der Waals surface area contributed by atoms with Crippen LogP contribution in [0.25, 0.3) is 11.4 Å². The predicted molar refractivity (Wildman–Crippen MR) is 62.5 cm³/mol. The number of aromatic nitrogens is 2. The van der Waals surface area contributed by atoms with Crippen molar-refractivity contribution in [1.29, 1.82) is 0 Å². The molecule has 3 N–H and O–H groups in total. The Bertz CT molecular complexity index is 511. The molecule has 4 heteroatoms. The Morgan fingerprint density at radius 1 is 1.31 bits per heavy atom. The molecular formula is C12H13N3O. The predicted octanol–water partition coefficient (Wildman–Crippen LogP) is 1.53. The van der Waals surface area contributed by atoms with Gasteiger partial charge in [-0.3, -0.25) is 0 Å². The van der Waals surface area contributed by atoms with E-state index < -0.39 is 0 Å². The monoisotopic (exact) mass is 215 g/mol. The molecule has 1 aromatic carbocycles. The number of aliphatic hydroxyl groups is 1. The van der Waals surface area contributed by atoms with Crippen LogP contribution in [0.1, 0.15) is 11.1 Å². The number of nitrogen functional groups attached to an aromatic ring is 1. The molecule has 0 unspecified atom stereocenters. The Kier molecular flexibility index (Phi) is 2.83. The first-order chi connectivity index (χ1) is 7.72. The fourth-order valence-electron chi connectivity index (χ4n) is 1.50. The van der Waals surface area contributed by atoms with Crippen molar-refractivity contribution >= 4 is 5.82 Å². The second kappa shape index (κ2) is 4.28. The Labute approximate surface area is 93.8 Å². The van der Waals surface area contributed by atoms with Crippen molar-refractivity contribution in [1.82, 2.24) is 9.97 Å². The topological polar surface area (TPSA) is 72.0 Å². The van der Waals surface area contributed by atoms with Crippen LogP contribution in [0.5, 0.6) is 0 Å². The summed E-state index contributed by atoms with van der Waals surface area (Å²) in [5, 5.41) is 8.97. The summed E-state index contributed by atoms with van der Waals surface area (Å²) in [6.07, 6.45) is 1.56. The maximum Gasteiger partial charge on any atom is 0.161 e. The highest BCUT2D eigenvalue weighted by Crippen LogP contribution is 2.20. The van der Waals surface area contributed by atoms with E-state index in [1.165, 1.54) is 0 Å².